The lowest BCUT2D eigenvalue weighted by atomic mass is 9.86. The molecule has 2 rings (SSSR count). The van der Waals surface area contributed by atoms with Gasteiger partial charge in [0.25, 0.3) is 0 Å². The van der Waals surface area contributed by atoms with E-state index < -0.39 is 0 Å². The van der Waals surface area contributed by atoms with Crippen LogP contribution in [0.4, 0.5) is 0 Å². The molecular weight excluding hydrogens is 352 g/mol. The molecule has 0 aromatic heterocycles. The van der Waals surface area contributed by atoms with Crippen LogP contribution >= 0.6 is 24.1 Å². The lowest BCUT2D eigenvalue weighted by molar-refractivity contribution is 0.445. The summed E-state index contributed by atoms with van der Waals surface area (Å²) < 4.78 is 5.69. The monoisotopic (exact) mass is 378 g/mol. The standard InChI is InChI=1S/C20H26O3S2/c1-19(2,3)15-11-13(7-9-17(15)21)24-23-25-14-8-10-18(22)16(12-14)20(4,5)6/h7-12,21-22H,1-6H3. The highest BCUT2D eigenvalue weighted by Crippen LogP contribution is 2.38. The van der Waals surface area contributed by atoms with Crippen LogP contribution < -0.4 is 0 Å². The highest BCUT2D eigenvalue weighted by Gasteiger charge is 2.20. The van der Waals surface area contributed by atoms with Gasteiger partial charge in [-0.15, -0.1) is 0 Å². The average Bonchev–Trinajstić information content (AvgIpc) is 2.48. The molecule has 0 aliphatic rings. The molecule has 25 heavy (non-hydrogen) atoms. The largest absolute Gasteiger partial charge is 0.508 e. The first-order valence-corrected chi connectivity index (χ1v) is 9.65. The zero-order valence-electron chi connectivity index (χ0n) is 15.6. The van der Waals surface area contributed by atoms with Gasteiger partial charge in [-0.25, -0.2) is 3.63 Å². The fraction of sp³-hybridized carbons (Fsp3) is 0.400. The second-order valence-corrected chi connectivity index (χ2v) is 9.91. The van der Waals surface area contributed by atoms with E-state index >= 15 is 0 Å². The highest BCUT2D eigenvalue weighted by molar-refractivity contribution is 8.07. The molecule has 2 aromatic rings. The normalized spacial score (nSPS) is 12.4. The van der Waals surface area contributed by atoms with Gasteiger partial charge in [0, 0.05) is 45.0 Å². The van der Waals surface area contributed by atoms with Crippen LogP contribution in [-0.4, -0.2) is 10.2 Å². The molecule has 0 heterocycles. The van der Waals surface area contributed by atoms with Crippen LogP contribution in [0.15, 0.2) is 46.2 Å². The summed E-state index contributed by atoms with van der Waals surface area (Å²) in [4.78, 5) is 1.87. The van der Waals surface area contributed by atoms with Gasteiger partial charge in [-0.3, -0.25) is 0 Å². The number of hydrogen-bond acceptors (Lipinski definition) is 5. The fourth-order valence-electron chi connectivity index (χ4n) is 2.43. The Labute approximate surface area is 159 Å². The Morgan fingerprint density at radius 1 is 0.680 bits per heavy atom. The second-order valence-electron chi connectivity index (χ2n) is 8.09. The smallest absolute Gasteiger partial charge is 0.119 e. The molecule has 0 aliphatic heterocycles. The van der Waals surface area contributed by atoms with Crippen molar-refractivity contribution in [2.24, 2.45) is 0 Å². The molecule has 0 fully saturated rings. The summed E-state index contributed by atoms with van der Waals surface area (Å²) in [7, 11) is 0. The molecule has 0 bridgehead atoms. The second kappa shape index (κ2) is 7.52. The maximum atomic E-state index is 10.0. The van der Waals surface area contributed by atoms with Crippen molar-refractivity contribution in [1.29, 1.82) is 0 Å². The minimum absolute atomic E-state index is 0.133. The van der Waals surface area contributed by atoms with Crippen molar-refractivity contribution in [1.82, 2.24) is 0 Å². The molecular formula is C20H26O3S2. The lowest BCUT2D eigenvalue weighted by Gasteiger charge is -2.21. The van der Waals surface area contributed by atoms with E-state index in [1.54, 1.807) is 12.1 Å². The third-order valence-corrected chi connectivity index (χ3v) is 5.25. The van der Waals surface area contributed by atoms with Crippen molar-refractivity contribution in [2.45, 2.75) is 62.2 Å². The number of phenols is 2. The third-order valence-electron chi connectivity index (χ3n) is 3.81. The predicted molar refractivity (Wildman–Crippen MR) is 106 cm³/mol. The van der Waals surface area contributed by atoms with Gasteiger partial charge in [0.2, 0.25) is 0 Å². The number of phenolic OH excluding ortho intramolecular Hbond substituents is 2. The van der Waals surface area contributed by atoms with Gasteiger partial charge < -0.3 is 10.2 Å². The summed E-state index contributed by atoms with van der Waals surface area (Å²) >= 11 is 2.52. The number of hydrogen-bond donors (Lipinski definition) is 2. The van der Waals surface area contributed by atoms with Crippen LogP contribution in [0.3, 0.4) is 0 Å². The zero-order chi connectivity index (χ0) is 18.8. The van der Waals surface area contributed by atoms with E-state index in [2.05, 4.69) is 41.5 Å². The quantitative estimate of drug-likeness (QED) is 0.601. The summed E-state index contributed by atoms with van der Waals surface area (Å²) in [6, 6.07) is 11.0. The van der Waals surface area contributed by atoms with E-state index in [4.69, 9.17) is 3.63 Å². The maximum absolute atomic E-state index is 10.0. The van der Waals surface area contributed by atoms with Crippen LogP contribution in [0.5, 0.6) is 11.5 Å². The van der Waals surface area contributed by atoms with Gasteiger partial charge in [-0.05, 0) is 47.2 Å². The van der Waals surface area contributed by atoms with Crippen molar-refractivity contribution in [3.8, 4) is 11.5 Å². The number of rotatable bonds is 4. The van der Waals surface area contributed by atoms with Crippen molar-refractivity contribution >= 4 is 24.1 Å². The SMILES string of the molecule is CC(C)(C)c1cc(SOSc2ccc(O)c(C(C)(C)C)c2)ccc1O. The van der Waals surface area contributed by atoms with E-state index in [0.717, 1.165) is 20.9 Å². The van der Waals surface area contributed by atoms with Crippen molar-refractivity contribution in [3.05, 3.63) is 47.5 Å². The lowest BCUT2D eigenvalue weighted by Crippen LogP contribution is -2.11. The molecule has 0 radical (unpaired) electrons. The minimum Gasteiger partial charge on any atom is -0.508 e. The first-order valence-electron chi connectivity index (χ1n) is 8.16. The number of aromatic hydroxyl groups is 2. The van der Waals surface area contributed by atoms with Crippen LogP contribution in [0.25, 0.3) is 0 Å². The van der Waals surface area contributed by atoms with E-state index in [0.29, 0.717) is 11.5 Å². The van der Waals surface area contributed by atoms with Gasteiger partial charge in [0.1, 0.15) is 11.5 Å². The van der Waals surface area contributed by atoms with Gasteiger partial charge in [0.15, 0.2) is 0 Å². The summed E-state index contributed by atoms with van der Waals surface area (Å²) in [5.41, 5.74) is 1.52. The Bertz CT molecular complexity index is 680. The fourth-order valence-corrected chi connectivity index (χ4v) is 3.77. The first-order chi connectivity index (χ1) is 11.5. The van der Waals surface area contributed by atoms with Gasteiger partial charge in [-0.2, -0.15) is 0 Å². The van der Waals surface area contributed by atoms with Crippen molar-refractivity contribution in [3.63, 3.8) is 0 Å². The highest BCUT2D eigenvalue weighted by atomic mass is 32.2. The molecule has 0 unspecified atom stereocenters. The van der Waals surface area contributed by atoms with E-state index in [-0.39, 0.29) is 10.8 Å². The van der Waals surface area contributed by atoms with E-state index in [9.17, 15) is 10.2 Å². The Morgan fingerprint density at radius 2 is 1.04 bits per heavy atom. The summed E-state index contributed by atoms with van der Waals surface area (Å²) in [6.07, 6.45) is 0. The van der Waals surface area contributed by atoms with Gasteiger partial charge >= 0.3 is 0 Å². The Hall–Kier alpha value is -1.30. The van der Waals surface area contributed by atoms with Crippen LogP contribution in [0, 0.1) is 0 Å². The Balaban J connectivity index is 2.07. The summed E-state index contributed by atoms with van der Waals surface area (Å²) in [6.45, 7) is 12.4. The molecule has 0 atom stereocenters. The zero-order valence-corrected chi connectivity index (χ0v) is 17.2. The molecule has 0 saturated heterocycles. The Kier molecular flexibility index (Phi) is 6.02. The molecule has 0 spiro atoms. The molecule has 0 saturated carbocycles. The van der Waals surface area contributed by atoms with Crippen LogP contribution in [-0.2, 0) is 14.5 Å². The molecule has 2 aromatic carbocycles. The molecule has 136 valence electrons. The van der Waals surface area contributed by atoms with E-state index in [1.165, 1.54) is 24.1 Å². The summed E-state index contributed by atoms with van der Waals surface area (Å²) in [5, 5.41) is 20.1. The molecule has 3 nitrogen and oxygen atoms in total. The van der Waals surface area contributed by atoms with Gasteiger partial charge in [0.05, 0.1) is 0 Å². The van der Waals surface area contributed by atoms with Gasteiger partial charge in [-0.1, -0.05) is 41.5 Å². The molecule has 0 aliphatic carbocycles. The molecule has 0 amide bonds. The van der Waals surface area contributed by atoms with Crippen LogP contribution in [0.2, 0.25) is 0 Å². The third kappa shape index (κ3) is 5.33. The van der Waals surface area contributed by atoms with Crippen molar-refractivity contribution in [2.75, 3.05) is 0 Å². The molecule has 5 heteroatoms. The number of benzene rings is 2. The Morgan fingerprint density at radius 3 is 1.36 bits per heavy atom. The topological polar surface area (TPSA) is 49.7 Å². The maximum Gasteiger partial charge on any atom is 0.119 e. The molecule has 2 N–H and O–H groups in total. The average molecular weight is 379 g/mol. The predicted octanol–water partition coefficient (Wildman–Crippen LogP) is 6.42. The first kappa shape index (κ1) is 20.0. The van der Waals surface area contributed by atoms with Crippen LogP contribution in [0.1, 0.15) is 52.7 Å². The van der Waals surface area contributed by atoms with E-state index in [1.807, 2.05) is 24.3 Å². The van der Waals surface area contributed by atoms with Crippen molar-refractivity contribution < 1.29 is 13.8 Å². The minimum atomic E-state index is -0.133. The summed E-state index contributed by atoms with van der Waals surface area (Å²) in [5.74, 6) is 0.607.